The summed E-state index contributed by atoms with van der Waals surface area (Å²) in [6, 6.07) is 10.3. The summed E-state index contributed by atoms with van der Waals surface area (Å²) in [4.78, 5) is 29.5. The quantitative estimate of drug-likeness (QED) is 0.288. The summed E-state index contributed by atoms with van der Waals surface area (Å²) in [7, 11) is 0. The Bertz CT molecular complexity index is 1830. The molecule has 0 aliphatic heterocycles. The Morgan fingerprint density at radius 1 is 1.14 bits per heavy atom. The second-order valence-electron chi connectivity index (χ2n) is 10.5. The number of nitrogens with one attached hydrogen (secondary N) is 1. The van der Waals surface area contributed by atoms with E-state index in [-0.39, 0.29) is 40.9 Å². The van der Waals surface area contributed by atoms with Gasteiger partial charge in [0.1, 0.15) is 35.8 Å². The summed E-state index contributed by atoms with van der Waals surface area (Å²) in [6.07, 6.45) is 1.45. The molecule has 2 amide bonds. The van der Waals surface area contributed by atoms with Crippen molar-refractivity contribution in [3.8, 4) is 17.2 Å². The zero-order chi connectivity index (χ0) is 30.6. The van der Waals surface area contributed by atoms with Crippen LogP contribution in [0.4, 0.5) is 22.0 Å². The molecule has 2 aromatic carbocycles. The van der Waals surface area contributed by atoms with E-state index in [9.17, 15) is 28.0 Å². The van der Waals surface area contributed by atoms with Gasteiger partial charge in [-0.1, -0.05) is 12.1 Å². The summed E-state index contributed by atoms with van der Waals surface area (Å²) in [6.45, 7) is -0.669. The second-order valence-corrected chi connectivity index (χ2v) is 10.5. The lowest BCUT2D eigenvalue weighted by molar-refractivity contribution is -0.122. The van der Waals surface area contributed by atoms with Gasteiger partial charge in [-0.3, -0.25) is 19.3 Å². The lowest BCUT2D eigenvalue weighted by atomic mass is 9.94. The molecule has 3 N–H and O–H groups in total. The number of rotatable bonds is 8. The predicted octanol–water partition coefficient (Wildman–Crippen LogP) is 4.64. The molecule has 2 aliphatic rings. The van der Waals surface area contributed by atoms with E-state index in [1.807, 2.05) is 6.07 Å². The minimum Gasteiger partial charge on any atom is -0.366 e. The van der Waals surface area contributed by atoms with Gasteiger partial charge in [-0.2, -0.15) is 19.1 Å². The number of halogens is 5. The molecule has 1 fully saturated rings. The maximum absolute atomic E-state index is 15.0. The van der Waals surface area contributed by atoms with Gasteiger partial charge in [0, 0.05) is 29.3 Å². The second kappa shape index (κ2) is 10.3. The molecule has 0 saturated heterocycles. The molecule has 6 rings (SSSR count). The van der Waals surface area contributed by atoms with E-state index >= 15 is 8.78 Å². The maximum Gasteiger partial charge on any atom is 0.293 e. The molecular weight excluding hydrogens is 571 g/mol. The Hall–Kier alpha value is -5.12. The highest BCUT2D eigenvalue weighted by molar-refractivity contribution is 5.94. The molecule has 2 heterocycles. The summed E-state index contributed by atoms with van der Waals surface area (Å²) < 4.78 is 73.3. The smallest absolute Gasteiger partial charge is 0.293 e. The minimum atomic E-state index is -3.25. The van der Waals surface area contributed by atoms with Crippen molar-refractivity contribution in [3.05, 3.63) is 106 Å². The van der Waals surface area contributed by atoms with Gasteiger partial charge in [0.05, 0.1) is 17.3 Å². The Labute approximate surface area is 241 Å². The molecule has 4 aromatic rings. The number of benzene rings is 2. The highest BCUT2D eigenvalue weighted by Gasteiger charge is 2.66. The summed E-state index contributed by atoms with van der Waals surface area (Å²) in [5.74, 6) is -9.04. The van der Waals surface area contributed by atoms with Crippen molar-refractivity contribution in [2.75, 3.05) is 0 Å². The van der Waals surface area contributed by atoms with Crippen LogP contribution in [0.15, 0.2) is 54.7 Å². The van der Waals surface area contributed by atoms with Gasteiger partial charge >= 0.3 is 0 Å². The van der Waals surface area contributed by atoms with Crippen molar-refractivity contribution in [2.45, 2.75) is 37.3 Å². The van der Waals surface area contributed by atoms with Crippen LogP contribution in [0.25, 0.3) is 11.1 Å². The Balaban J connectivity index is 1.37. The highest BCUT2D eigenvalue weighted by Crippen LogP contribution is 2.67. The number of hydrogen-bond donors (Lipinski definition) is 2. The number of primary amides is 1. The van der Waals surface area contributed by atoms with E-state index < -0.39 is 65.3 Å². The molecule has 2 aliphatic carbocycles. The number of hydrogen-bond acceptors (Lipinski definition) is 5. The van der Waals surface area contributed by atoms with Crippen molar-refractivity contribution in [2.24, 2.45) is 11.7 Å². The zero-order valence-electron chi connectivity index (χ0n) is 22.1. The number of nitriles is 1. The van der Waals surface area contributed by atoms with Crippen LogP contribution < -0.4 is 11.1 Å². The molecule has 0 spiro atoms. The van der Waals surface area contributed by atoms with Gasteiger partial charge in [-0.15, -0.1) is 0 Å². The maximum atomic E-state index is 15.0. The molecule has 13 heteroatoms. The van der Waals surface area contributed by atoms with Crippen molar-refractivity contribution in [1.29, 1.82) is 5.26 Å². The van der Waals surface area contributed by atoms with Crippen LogP contribution >= 0.6 is 0 Å². The fourth-order valence-corrected chi connectivity index (χ4v) is 5.84. The van der Waals surface area contributed by atoms with Gasteiger partial charge < -0.3 is 11.1 Å². The summed E-state index contributed by atoms with van der Waals surface area (Å²) in [5.41, 5.74) is 5.43. The number of fused-ring (bicyclic) bond motifs is 3. The third kappa shape index (κ3) is 4.98. The Morgan fingerprint density at radius 3 is 2.58 bits per heavy atom. The van der Waals surface area contributed by atoms with Gasteiger partial charge in [0.2, 0.25) is 5.91 Å². The lowest BCUT2D eigenvalue weighted by Crippen LogP contribution is -2.35. The molecule has 43 heavy (non-hydrogen) atoms. The number of pyridine rings is 1. The SMILES string of the molecule is N#Cc1nn(CC(=O)NC(Cc2cc(F)cc(F)c2)c2ncccc2-c2ccc(F)c(C(N)=O)c2)c2c1C1CC1C2(F)F. The van der Waals surface area contributed by atoms with Crippen LogP contribution in [0.5, 0.6) is 0 Å². The molecule has 218 valence electrons. The molecule has 0 bridgehead atoms. The monoisotopic (exact) mass is 592 g/mol. The van der Waals surface area contributed by atoms with E-state index in [1.165, 1.54) is 18.3 Å². The fraction of sp³-hybridized carbons (Fsp3) is 0.233. The third-order valence-corrected chi connectivity index (χ3v) is 7.74. The minimum absolute atomic E-state index is 0.148. The van der Waals surface area contributed by atoms with Crippen molar-refractivity contribution < 1.29 is 31.5 Å². The van der Waals surface area contributed by atoms with Gasteiger partial charge in [0.25, 0.3) is 11.8 Å². The molecule has 0 radical (unpaired) electrons. The number of carbonyl (C=O) groups excluding carboxylic acids is 2. The van der Waals surface area contributed by atoms with E-state index in [0.717, 1.165) is 22.9 Å². The molecule has 1 saturated carbocycles. The molecule has 8 nitrogen and oxygen atoms in total. The number of carbonyl (C=O) groups is 2. The van der Waals surface area contributed by atoms with Crippen LogP contribution in [-0.4, -0.2) is 26.6 Å². The van der Waals surface area contributed by atoms with Crippen LogP contribution in [0, 0.1) is 34.7 Å². The van der Waals surface area contributed by atoms with Gasteiger partial charge in [0.15, 0.2) is 5.69 Å². The van der Waals surface area contributed by atoms with E-state index in [4.69, 9.17) is 5.73 Å². The topological polar surface area (TPSA) is 127 Å². The van der Waals surface area contributed by atoms with E-state index in [1.54, 1.807) is 12.1 Å². The van der Waals surface area contributed by atoms with E-state index in [0.29, 0.717) is 17.2 Å². The highest BCUT2D eigenvalue weighted by atomic mass is 19.3. The third-order valence-electron chi connectivity index (χ3n) is 7.74. The van der Waals surface area contributed by atoms with Crippen molar-refractivity contribution in [1.82, 2.24) is 20.1 Å². The zero-order valence-corrected chi connectivity index (χ0v) is 22.1. The van der Waals surface area contributed by atoms with Crippen LogP contribution in [-0.2, 0) is 23.7 Å². The first-order valence-electron chi connectivity index (χ1n) is 13.2. The van der Waals surface area contributed by atoms with Crippen LogP contribution in [0.3, 0.4) is 0 Å². The van der Waals surface area contributed by atoms with Gasteiger partial charge in [-0.25, -0.2) is 13.2 Å². The largest absolute Gasteiger partial charge is 0.366 e. The van der Waals surface area contributed by atoms with E-state index in [2.05, 4.69) is 15.4 Å². The fourth-order valence-electron chi connectivity index (χ4n) is 5.84. The first-order valence-corrected chi connectivity index (χ1v) is 13.2. The van der Waals surface area contributed by atoms with Gasteiger partial charge in [-0.05, 0) is 60.2 Å². The Morgan fingerprint density at radius 2 is 1.88 bits per heavy atom. The van der Waals surface area contributed by atoms with Crippen LogP contribution in [0.1, 0.15) is 56.9 Å². The first-order chi connectivity index (χ1) is 20.5. The number of nitrogens with two attached hydrogens (primary N) is 1. The number of nitrogens with zero attached hydrogens (tertiary/aromatic N) is 4. The lowest BCUT2D eigenvalue weighted by Gasteiger charge is -2.22. The molecule has 3 unspecified atom stereocenters. The first kappa shape index (κ1) is 28.0. The predicted molar refractivity (Wildman–Crippen MR) is 141 cm³/mol. The number of alkyl halides is 2. The van der Waals surface area contributed by atoms with Crippen molar-refractivity contribution >= 4 is 11.8 Å². The summed E-state index contributed by atoms with van der Waals surface area (Å²) in [5, 5.41) is 16.1. The average molecular weight is 593 g/mol. The normalized spacial score (nSPS) is 18.3. The standard InChI is InChI=1S/C30H21F5N6O2/c31-16-6-14(7-17(32)10-16)8-23(27-18(2-1-5-38-27)15-3-4-22(33)20(9-15)29(37)43)39-25(42)13-41-28-26(24(12-36)40-41)19-11-21(19)30(28,34)35/h1-7,9-10,19,21,23H,8,11,13H2,(H2,37,43)(H,39,42). The van der Waals surface area contributed by atoms with Crippen LogP contribution in [0.2, 0.25) is 0 Å². The molecular formula is C30H21F5N6O2. The number of amides is 2. The molecule has 3 atom stereocenters. The Kier molecular flexibility index (Phi) is 6.71. The average Bonchev–Trinajstić information content (AvgIpc) is 3.61. The van der Waals surface area contributed by atoms with Crippen molar-refractivity contribution in [3.63, 3.8) is 0 Å². The number of aromatic nitrogens is 3. The summed E-state index contributed by atoms with van der Waals surface area (Å²) >= 11 is 0. The molecule has 2 aromatic heterocycles.